The molecule has 6 nitrogen and oxygen atoms in total. The van der Waals surface area contributed by atoms with E-state index in [1.807, 2.05) is 39.0 Å². The van der Waals surface area contributed by atoms with Gasteiger partial charge in [0.1, 0.15) is 0 Å². The van der Waals surface area contributed by atoms with E-state index < -0.39 is 0 Å². The molecule has 0 aliphatic rings. The Morgan fingerprint density at radius 1 is 1.27 bits per heavy atom. The van der Waals surface area contributed by atoms with Crippen LogP contribution in [0.1, 0.15) is 33.7 Å². The second-order valence-corrected chi connectivity index (χ2v) is 7.53. The maximum absolute atomic E-state index is 12.8. The minimum Gasteiger partial charge on any atom is -0.349 e. The van der Waals surface area contributed by atoms with Gasteiger partial charge < -0.3 is 9.84 Å². The molecule has 3 aromatic heterocycles. The van der Waals surface area contributed by atoms with Crippen molar-refractivity contribution in [2.24, 2.45) is 0 Å². The zero-order chi connectivity index (χ0) is 18.3. The Bertz CT molecular complexity index is 1080. The molecule has 1 atom stereocenters. The number of para-hydroxylation sites is 1. The molecule has 4 aromatic rings. The van der Waals surface area contributed by atoms with Crippen LogP contribution in [0.4, 0.5) is 0 Å². The number of nitrogens with zero attached hydrogens (tertiary/aromatic N) is 3. The van der Waals surface area contributed by atoms with Gasteiger partial charge in [0.2, 0.25) is 0 Å². The quantitative estimate of drug-likeness (QED) is 0.594. The number of rotatable bonds is 4. The van der Waals surface area contributed by atoms with Crippen LogP contribution in [-0.2, 0) is 6.42 Å². The van der Waals surface area contributed by atoms with Crippen LogP contribution in [0, 0.1) is 13.8 Å². The number of fused-ring (bicyclic) bond motifs is 2. The Morgan fingerprint density at radius 2 is 2.08 bits per heavy atom. The summed E-state index contributed by atoms with van der Waals surface area (Å²) in [5.41, 5.74) is 3.32. The highest BCUT2D eigenvalue weighted by molar-refractivity contribution is 7.18. The van der Waals surface area contributed by atoms with Gasteiger partial charge in [0, 0.05) is 18.2 Å². The van der Waals surface area contributed by atoms with E-state index in [-0.39, 0.29) is 11.9 Å². The van der Waals surface area contributed by atoms with Crippen LogP contribution in [0.2, 0.25) is 0 Å². The van der Waals surface area contributed by atoms with E-state index in [1.54, 1.807) is 17.4 Å². The highest BCUT2D eigenvalue weighted by Gasteiger charge is 2.19. The van der Waals surface area contributed by atoms with Crippen molar-refractivity contribution >= 4 is 38.6 Å². The summed E-state index contributed by atoms with van der Waals surface area (Å²) in [4.78, 5) is 21.7. The van der Waals surface area contributed by atoms with Crippen LogP contribution in [0.5, 0.6) is 0 Å². The van der Waals surface area contributed by atoms with Crippen molar-refractivity contribution in [1.29, 1.82) is 0 Å². The third kappa shape index (κ3) is 3.06. The molecule has 0 radical (unpaired) electrons. The van der Waals surface area contributed by atoms with Gasteiger partial charge in [-0.2, -0.15) is 0 Å². The molecule has 0 unspecified atom stereocenters. The molecule has 0 aliphatic heterocycles. The van der Waals surface area contributed by atoms with E-state index in [4.69, 9.17) is 4.52 Å². The Balaban J connectivity index is 1.55. The molecule has 132 valence electrons. The van der Waals surface area contributed by atoms with E-state index in [0.29, 0.717) is 28.8 Å². The van der Waals surface area contributed by atoms with E-state index in [0.717, 1.165) is 20.9 Å². The maximum atomic E-state index is 12.8. The van der Waals surface area contributed by atoms with Crippen LogP contribution in [0.25, 0.3) is 21.3 Å². The van der Waals surface area contributed by atoms with Crippen LogP contribution in [0.3, 0.4) is 0 Å². The van der Waals surface area contributed by atoms with Gasteiger partial charge in [0.05, 0.1) is 31.9 Å². The highest BCUT2D eigenvalue weighted by atomic mass is 32.1. The molecule has 26 heavy (non-hydrogen) atoms. The van der Waals surface area contributed by atoms with Gasteiger partial charge in [-0.3, -0.25) is 4.79 Å². The molecular formula is C19H18N4O2S. The van der Waals surface area contributed by atoms with Crippen LogP contribution >= 0.6 is 11.3 Å². The number of hydrogen-bond acceptors (Lipinski definition) is 6. The van der Waals surface area contributed by atoms with E-state index in [9.17, 15) is 4.79 Å². The van der Waals surface area contributed by atoms with Gasteiger partial charge in [-0.15, -0.1) is 11.3 Å². The topological polar surface area (TPSA) is 80.9 Å². The van der Waals surface area contributed by atoms with Crippen LogP contribution in [-0.4, -0.2) is 27.1 Å². The van der Waals surface area contributed by atoms with Crippen LogP contribution < -0.4 is 5.32 Å². The van der Waals surface area contributed by atoms with Gasteiger partial charge in [-0.1, -0.05) is 17.3 Å². The molecule has 0 saturated heterocycles. The Labute approximate surface area is 154 Å². The van der Waals surface area contributed by atoms with Gasteiger partial charge >= 0.3 is 0 Å². The molecule has 0 bridgehead atoms. The first-order valence-corrected chi connectivity index (χ1v) is 9.22. The standard InChI is InChI=1S/C19H18N4O2S/c1-10-8-13(17-12(3)23-25-19(17)21-10)18(24)20-11(2)9-16-22-14-6-4-5-7-15(14)26-16/h4-8,11H,9H2,1-3H3,(H,20,24)/t11-/m0/s1. The van der Waals surface area contributed by atoms with Crippen LogP contribution in [0.15, 0.2) is 34.9 Å². The molecule has 1 amide bonds. The summed E-state index contributed by atoms with van der Waals surface area (Å²) < 4.78 is 6.37. The lowest BCUT2D eigenvalue weighted by Gasteiger charge is -2.13. The highest BCUT2D eigenvalue weighted by Crippen LogP contribution is 2.24. The molecule has 3 heterocycles. The fraction of sp³-hybridized carbons (Fsp3) is 0.263. The van der Waals surface area contributed by atoms with Gasteiger partial charge in [0.25, 0.3) is 11.6 Å². The Morgan fingerprint density at radius 3 is 2.88 bits per heavy atom. The summed E-state index contributed by atoms with van der Waals surface area (Å²) in [5, 5.41) is 8.66. The average molecular weight is 366 g/mol. The predicted molar refractivity (Wildman–Crippen MR) is 102 cm³/mol. The molecule has 4 rings (SSSR count). The summed E-state index contributed by atoms with van der Waals surface area (Å²) in [6.07, 6.45) is 0.681. The number of pyridine rings is 1. The Kier molecular flexibility index (Phi) is 4.16. The minimum absolute atomic E-state index is 0.0493. The van der Waals surface area contributed by atoms with E-state index in [1.165, 1.54) is 0 Å². The third-order valence-electron chi connectivity index (χ3n) is 4.19. The van der Waals surface area contributed by atoms with Gasteiger partial charge in [-0.05, 0) is 39.0 Å². The van der Waals surface area contributed by atoms with Crippen molar-refractivity contribution in [1.82, 2.24) is 20.4 Å². The molecule has 0 aliphatic carbocycles. The fourth-order valence-electron chi connectivity index (χ4n) is 3.02. The summed E-state index contributed by atoms with van der Waals surface area (Å²) in [6, 6.07) is 9.77. The Hall–Kier alpha value is -2.80. The number of aryl methyl sites for hydroxylation is 2. The molecular weight excluding hydrogens is 348 g/mol. The monoisotopic (exact) mass is 366 g/mol. The number of aromatic nitrogens is 3. The second kappa shape index (κ2) is 6.49. The van der Waals surface area contributed by atoms with Crippen molar-refractivity contribution in [3.8, 4) is 0 Å². The molecule has 0 spiro atoms. The number of thiazole rings is 1. The number of hydrogen-bond donors (Lipinski definition) is 1. The second-order valence-electron chi connectivity index (χ2n) is 6.41. The number of nitrogens with one attached hydrogen (secondary N) is 1. The number of amides is 1. The smallest absolute Gasteiger partial charge is 0.258 e. The first kappa shape index (κ1) is 16.7. The van der Waals surface area contributed by atoms with Gasteiger partial charge in [-0.25, -0.2) is 9.97 Å². The fourth-order valence-corrected chi connectivity index (χ4v) is 4.11. The lowest BCUT2D eigenvalue weighted by atomic mass is 10.1. The summed E-state index contributed by atoms with van der Waals surface area (Å²) in [6.45, 7) is 5.62. The molecule has 1 aromatic carbocycles. The molecule has 0 saturated carbocycles. The lowest BCUT2D eigenvalue weighted by molar-refractivity contribution is 0.0941. The van der Waals surface area contributed by atoms with Crippen molar-refractivity contribution in [3.63, 3.8) is 0 Å². The molecule has 1 N–H and O–H groups in total. The number of benzene rings is 1. The number of carbonyl (C=O) groups is 1. The summed E-state index contributed by atoms with van der Waals surface area (Å²) >= 11 is 1.66. The predicted octanol–water partition coefficient (Wildman–Crippen LogP) is 3.81. The minimum atomic E-state index is -0.152. The van der Waals surface area contributed by atoms with Crippen molar-refractivity contribution < 1.29 is 9.32 Å². The van der Waals surface area contributed by atoms with Gasteiger partial charge in [0.15, 0.2) is 0 Å². The number of carbonyl (C=O) groups excluding carboxylic acids is 1. The third-order valence-corrected chi connectivity index (χ3v) is 5.24. The lowest BCUT2D eigenvalue weighted by Crippen LogP contribution is -2.34. The molecule has 0 fully saturated rings. The van der Waals surface area contributed by atoms with Crippen molar-refractivity contribution in [2.45, 2.75) is 33.2 Å². The van der Waals surface area contributed by atoms with Crippen molar-refractivity contribution in [2.75, 3.05) is 0 Å². The summed E-state index contributed by atoms with van der Waals surface area (Å²) in [7, 11) is 0. The molecule has 7 heteroatoms. The zero-order valence-electron chi connectivity index (χ0n) is 14.7. The van der Waals surface area contributed by atoms with Crippen molar-refractivity contribution in [3.05, 3.63) is 52.3 Å². The summed E-state index contributed by atoms with van der Waals surface area (Å²) in [5.74, 6) is -0.152. The largest absolute Gasteiger partial charge is 0.349 e. The normalized spacial score (nSPS) is 12.6. The SMILES string of the molecule is Cc1cc(C(=O)N[C@@H](C)Cc2nc3ccccc3s2)c2c(C)noc2n1. The maximum Gasteiger partial charge on any atom is 0.258 e. The first-order valence-electron chi connectivity index (χ1n) is 8.40. The average Bonchev–Trinajstić information content (AvgIpc) is 3.16. The van der Waals surface area contributed by atoms with E-state index >= 15 is 0 Å². The first-order chi connectivity index (χ1) is 12.5. The van der Waals surface area contributed by atoms with E-state index in [2.05, 4.69) is 26.5 Å². The zero-order valence-corrected chi connectivity index (χ0v) is 15.6.